The molecule has 0 saturated heterocycles. The number of aliphatic hydroxyl groups excluding tert-OH is 2. The van der Waals surface area contributed by atoms with Crippen LogP contribution in [0.25, 0.3) is 0 Å². The molecule has 0 spiro atoms. The molecule has 6 nitrogen and oxygen atoms in total. The van der Waals surface area contributed by atoms with Crippen molar-refractivity contribution < 1.29 is 24.5 Å². The van der Waals surface area contributed by atoms with Crippen molar-refractivity contribution in [2.24, 2.45) is 0 Å². The zero-order valence-corrected chi connectivity index (χ0v) is 43.7. The molecule has 0 radical (unpaired) electrons. The molecule has 0 aliphatic rings. The first-order chi connectivity index (χ1) is 32.0. The Bertz CT molecular complexity index is 1010. The van der Waals surface area contributed by atoms with Crippen molar-refractivity contribution in [1.29, 1.82) is 0 Å². The molecule has 0 aliphatic carbocycles. The standard InChI is InChI=1S/C59H113NO5/c1-3-5-7-9-11-13-15-27-31-35-39-43-47-51-57(62)56(55-61)60-58(63)52-48-44-40-36-32-29-25-23-21-19-17-18-20-22-24-26-30-34-38-42-46-50-54-65-59(64)53-49-45-41-37-33-28-16-14-12-10-8-6-4-2/h19,21,47,51,56-57,61-62H,3-18,20,22-46,48-50,52-55H2,1-2H3,(H,60,63)/b21-19-,51-47+. The number of esters is 1. The lowest BCUT2D eigenvalue weighted by molar-refractivity contribution is -0.143. The molecular formula is C59H113NO5. The smallest absolute Gasteiger partial charge is 0.305 e. The summed E-state index contributed by atoms with van der Waals surface area (Å²) in [6, 6.07) is -0.631. The number of hydrogen-bond acceptors (Lipinski definition) is 5. The third-order valence-corrected chi connectivity index (χ3v) is 13.5. The van der Waals surface area contributed by atoms with E-state index >= 15 is 0 Å². The second kappa shape index (κ2) is 54.9. The molecule has 0 saturated carbocycles. The van der Waals surface area contributed by atoms with Crippen molar-refractivity contribution in [2.45, 2.75) is 328 Å². The highest BCUT2D eigenvalue weighted by Crippen LogP contribution is 2.17. The predicted octanol–water partition coefficient (Wildman–Crippen LogP) is 17.9. The minimum absolute atomic E-state index is 0.0109. The van der Waals surface area contributed by atoms with E-state index in [2.05, 4.69) is 31.3 Å². The van der Waals surface area contributed by atoms with Crippen LogP contribution in [0.2, 0.25) is 0 Å². The molecule has 0 bridgehead atoms. The summed E-state index contributed by atoms with van der Waals surface area (Å²) in [4.78, 5) is 24.5. The lowest BCUT2D eigenvalue weighted by Crippen LogP contribution is -2.45. The first-order valence-corrected chi connectivity index (χ1v) is 29.1. The molecule has 0 aromatic heterocycles. The SMILES string of the molecule is CCCCCCCCCCCCC/C=C/C(O)C(CO)NC(=O)CCCCCCCCC/C=C\CCCCCCCCCCCCCOC(=O)CCCCCCCCCCCCCCC. The maximum atomic E-state index is 12.4. The van der Waals surface area contributed by atoms with Crippen molar-refractivity contribution in [1.82, 2.24) is 5.32 Å². The molecule has 6 heteroatoms. The first kappa shape index (κ1) is 63.3. The van der Waals surface area contributed by atoms with Crippen LogP contribution >= 0.6 is 0 Å². The zero-order valence-electron chi connectivity index (χ0n) is 43.7. The van der Waals surface area contributed by atoms with Crippen LogP contribution in [0.5, 0.6) is 0 Å². The number of hydrogen-bond donors (Lipinski definition) is 3. The van der Waals surface area contributed by atoms with Crippen molar-refractivity contribution in [3.63, 3.8) is 0 Å². The second-order valence-electron chi connectivity index (χ2n) is 20.0. The van der Waals surface area contributed by atoms with E-state index in [4.69, 9.17) is 4.74 Å². The van der Waals surface area contributed by atoms with E-state index in [0.717, 1.165) is 44.9 Å². The Balaban J connectivity index is 3.43. The Morgan fingerprint density at radius 3 is 1.09 bits per heavy atom. The molecule has 65 heavy (non-hydrogen) atoms. The minimum Gasteiger partial charge on any atom is -0.466 e. The molecule has 2 unspecified atom stereocenters. The quantitative estimate of drug-likeness (QED) is 0.0321. The van der Waals surface area contributed by atoms with Crippen LogP contribution < -0.4 is 5.32 Å². The topological polar surface area (TPSA) is 95.9 Å². The van der Waals surface area contributed by atoms with E-state index < -0.39 is 12.1 Å². The summed E-state index contributed by atoms with van der Waals surface area (Å²) in [5, 5.41) is 23.1. The third-order valence-electron chi connectivity index (χ3n) is 13.5. The molecule has 1 amide bonds. The fourth-order valence-corrected chi connectivity index (χ4v) is 8.98. The molecule has 3 N–H and O–H groups in total. The van der Waals surface area contributed by atoms with Gasteiger partial charge >= 0.3 is 5.97 Å². The van der Waals surface area contributed by atoms with Gasteiger partial charge in [-0.2, -0.15) is 0 Å². The summed E-state index contributed by atoms with van der Waals surface area (Å²) in [5.41, 5.74) is 0. The Kier molecular flexibility index (Phi) is 53.5. The summed E-state index contributed by atoms with van der Waals surface area (Å²) < 4.78 is 5.47. The monoisotopic (exact) mass is 916 g/mol. The van der Waals surface area contributed by atoms with Crippen LogP contribution in [0.15, 0.2) is 24.3 Å². The molecular weight excluding hydrogens is 803 g/mol. The van der Waals surface area contributed by atoms with Gasteiger partial charge in [0.25, 0.3) is 0 Å². The van der Waals surface area contributed by atoms with Gasteiger partial charge < -0.3 is 20.3 Å². The van der Waals surface area contributed by atoms with Gasteiger partial charge in [0, 0.05) is 12.8 Å². The van der Waals surface area contributed by atoms with E-state index in [-0.39, 0.29) is 18.5 Å². The van der Waals surface area contributed by atoms with Crippen molar-refractivity contribution in [3.05, 3.63) is 24.3 Å². The molecule has 384 valence electrons. The number of amides is 1. The van der Waals surface area contributed by atoms with Gasteiger partial charge in [-0.15, -0.1) is 0 Å². The second-order valence-corrected chi connectivity index (χ2v) is 20.0. The number of carbonyl (C=O) groups is 2. The Morgan fingerprint density at radius 1 is 0.415 bits per heavy atom. The van der Waals surface area contributed by atoms with Gasteiger partial charge in [0.2, 0.25) is 5.91 Å². The minimum atomic E-state index is -0.847. The number of ether oxygens (including phenoxy) is 1. The van der Waals surface area contributed by atoms with Gasteiger partial charge in [-0.1, -0.05) is 269 Å². The number of nitrogens with one attached hydrogen (secondary N) is 1. The zero-order chi connectivity index (χ0) is 47.2. The van der Waals surface area contributed by atoms with Crippen molar-refractivity contribution >= 4 is 11.9 Å². The van der Waals surface area contributed by atoms with Gasteiger partial charge in [0.1, 0.15) is 0 Å². The predicted molar refractivity (Wildman–Crippen MR) is 283 cm³/mol. The number of unbranched alkanes of at least 4 members (excludes halogenated alkanes) is 41. The molecule has 0 aromatic carbocycles. The molecule has 0 rings (SSSR count). The van der Waals surface area contributed by atoms with E-state index in [0.29, 0.717) is 19.4 Å². The first-order valence-electron chi connectivity index (χ1n) is 29.1. The van der Waals surface area contributed by atoms with Gasteiger partial charge in [0.05, 0.1) is 25.4 Å². The fraction of sp³-hybridized carbons (Fsp3) is 0.898. The van der Waals surface area contributed by atoms with Crippen LogP contribution in [0, 0.1) is 0 Å². The van der Waals surface area contributed by atoms with Gasteiger partial charge in [-0.05, 0) is 57.8 Å². The molecule has 0 fully saturated rings. The number of rotatable bonds is 54. The summed E-state index contributed by atoms with van der Waals surface area (Å²) >= 11 is 0. The molecule has 2 atom stereocenters. The third kappa shape index (κ3) is 51.6. The number of carbonyl (C=O) groups excluding carboxylic acids is 2. The van der Waals surface area contributed by atoms with E-state index in [1.807, 2.05) is 6.08 Å². The lowest BCUT2D eigenvalue weighted by Gasteiger charge is -2.20. The largest absolute Gasteiger partial charge is 0.466 e. The van der Waals surface area contributed by atoms with Crippen molar-refractivity contribution in [3.8, 4) is 0 Å². The normalized spacial score (nSPS) is 12.7. The summed E-state index contributed by atoms with van der Waals surface area (Å²) in [5.74, 6) is -0.0637. The highest BCUT2D eigenvalue weighted by atomic mass is 16.5. The van der Waals surface area contributed by atoms with Crippen LogP contribution in [-0.2, 0) is 14.3 Å². The molecule has 0 heterocycles. The lowest BCUT2D eigenvalue weighted by atomic mass is 10.0. The van der Waals surface area contributed by atoms with Gasteiger partial charge in [-0.3, -0.25) is 9.59 Å². The number of allylic oxidation sites excluding steroid dienone is 3. The van der Waals surface area contributed by atoms with E-state index in [1.165, 1.54) is 244 Å². The fourth-order valence-electron chi connectivity index (χ4n) is 8.98. The summed E-state index contributed by atoms with van der Waals surface area (Å²) in [6.45, 7) is 4.90. The molecule has 0 aliphatic heterocycles. The average molecular weight is 917 g/mol. The highest BCUT2D eigenvalue weighted by molar-refractivity contribution is 5.76. The molecule has 0 aromatic rings. The van der Waals surface area contributed by atoms with Crippen LogP contribution in [-0.4, -0.2) is 47.4 Å². The summed E-state index contributed by atoms with van der Waals surface area (Å²) in [7, 11) is 0. The Labute approximate surface area is 405 Å². The van der Waals surface area contributed by atoms with Gasteiger partial charge in [0.15, 0.2) is 0 Å². The van der Waals surface area contributed by atoms with E-state index in [9.17, 15) is 19.8 Å². The van der Waals surface area contributed by atoms with E-state index in [1.54, 1.807) is 6.08 Å². The van der Waals surface area contributed by atoms with Crippen molar-refractivity contribution in [2.75, 3.05) is 13.2 Å². The van der Waals surface area contributed by atoms with Crippen LogP contribution in [0.3, 0.4) is 0 Å². The Morgan fingerprint density at radius 2 is 0.723 bits per heavy atom. The summed E-state index contributed by atoms with van der Waals surface area (Å²) in [6.07, 6.45) is 66.3. The van der Waals surface area contributed by atoms with Gasteiger partial charge in [-0.25, -0.2) is 0 Å². The van der Waals surface area contributed by atoms with Crippen LogP contribution in [0.1, 0.15) is 316 Å². The average Bonchev–Trinajstić information content (AvgIpc) is 3.31. The highest BCUT2D eigenvalue weighted by Gasteiger charge is 2.18. The number of aliphatic hydroxyl groups is 2. The maximum Gasteiger partial charge on any atom is 0.305 e. The maximum absolute atomic E-state index is 12.4. The Hall–Kier alpha value is -1.66. The van der Waals surface area contributed by atoms with Crippen LogP contribution in [0.4, 0.5) is 0 Å².